The lowest BCUT2D eigenvalue weighted by atomic mass is 10.3. The highest BCUT2D eigenvalue weighted by Gasteiger charge is 2.29. The number of nitrogens with one attached hydrogen (secondary N) is 2. The van der Waals surface area contributed by atoms with Gasteiger partial charge >= 0.3 is 0 Å². The van der Waals surface area contributed by atoms with Gasteiger partial charge in [0.2, 0.25) is 5.91 Å². The summed E-state index contributed by atoms with van der Waals surface area (Å²) in [6, 6.07) is 4.98. The molecule has 1 fully saturated rings. The lowest BCUT2D eigenvalue weighted by molar-refractivity contribution is -0.117. The largest absolute Gasteiger partial charge is 0.346 e. The third-order valence-electron chi connectivity index (χ3n) is 2.52. The Labute approximate surface area is 86.7 Å². The molecule has 0 spiro atoms. The fourth-order valence-electron chi connectivity index (χ4n) is 1.52. The maximum Gasteiger partial charge on any atom is 0.227 e. The van der Waals surface area contributed by atoms with Crippen molar-refractivity contribution in [3.8, 4) is 0 Å². The van der Waals surface area contributed by atoms with E-state index in [1.807, 2.05) is 6.07 Å². The molecule has 1 aliphatic rings. The third-order valence-corrected chi connectivity index (χ3v) is 2.52. The Kier molecular flexibility index (Phi) is 1.74. The van der Waals surface area contributed by atoms with Crippen LogP contribution in [-0.2, 0) is 4.79 Å². The first-order chi connectivity index (χ1) is 7.33. The Bertz CT molecular complexity index is 513. The Morgan fingerprint density at radius 3 is 3.27 bits per heavy atom. The Morgan fingerprint density at radius 2 is 2.47 bits per heavy atom. The standard InChI is InChI=1S/C11H10N3O/c15-11(7-1-2-7)14-9-5-8-3-4-12-10(8)13-6-9/h3-4,6-7H,1-2H2,(H,12,13)(H,14,15). The molecular formula is C11H10N3O. The number of fused-ring (bicyclic) bond motifs is 1. The van der Waals surface area contributed by atoms with E-state index in [2.05, 4.69) is 21.4 Å². The van der Waals surface area contributed by atoms with Crippen molar-refractivity contribution < 1.29 is 4.79 Å². The minimum Gasteiger partial charge on any atom is -0.346 e. The number of carbonyl (C=O) groups is 1. The summed E-state index contributed by atoms with van der Waals surface area (Å²) < 4.78 is 0. The van der Waals surface area contributed by atoms with E-state index in [4.69, 9.17) is 0 Å². The molecule has 0 bridgehead atoms. The molecule has 2 aromatic rings. The van der Waals surface area contributed by atoms with Crippen LogP contribution in [-0.4, -0.2) is 15.9 Å². The van der Waals surface area contributed by atoms with E-state index >= 15 is 0 Å². The van der Waals surface area contributed by atoms with Crippen molar-refractivity contribution >= 4 is 22.6 Å². The van der Waals surface area contributed by atoms with E-state index in [0.29, 0.717) is 5.69 Å². The second kappa shape index (κ2) is 3.08. The highest BCUT2D eigenvalue weighted by Crippen LogP contribution is 2.30. The second-order valence-electron chi connectivity index (χ2n) is 3.80. The van der Waals surface area contributed by atoms with Crippen molar-refractivity contribution in [3.63, 3.8) is 0 Å². The molecule has 2 N–H and O–H groups in total. The smallest absolute Gasteiger partial charge is 0.227 e. The molecule has 15 heavy (non-hydrogen) atoms. The van der Waals surface area contributed by atoms with Gasteiger partial charge in [0.1, 0.15) is 5.65 Å². The fraction of sp³-hybridized carbons (Fsp3) is 0.273. The van der Waals surface area contributed by atoms with E-state index in [1.54, 1.807) is 12.4 Å². The first-order valence-corrected chi connectivity index (χ1v) is 4.99. The van der Waals surface area contributed by atoms with Crippen LogP contribution in [0.4, 0.5) is 5.69 Å². The van der Waals surface area contributed by atoms with Crippen LogP contribution < -0.4 is 5.32 Å². The second-order valence-corrected chi connectivity index (χ2v) is 3.80. The van der Waals surface area contributed by atoms with Gasteiger partial charge in [-0.1, -0.05) is 0 Å². The average molecular weight is 200 g/mol. The SMILES string of the molecule is O=C(Nc1[c]c2cc[nH]c2nc1)C1CC1. The summed E-state index contributed by atoms with van der Waals surface area (Å²) in [5, 5.41) is 3.71. The van der Waals surface area contributed by atoms with Crippen LogP contribution in [0.5, 0.6) is 0 Å². The summed E-state index contributed by atoms with van der Waals surface area (Å²) in [5.41, 5.74) is 1.44. The molecule has 0 saturated heterocycles. The summed E-state index contributed by atoms with van der Waals surface area (Å²) in [7, 11) is 0. The van der Waals surface area contributed by atoms with Gasteiger partial charge < -0.3 is 10.3 Å². The van der Waals surface area contributed by atoms with Crippen LogP contribution in [0.15, 0.2) is 18.5 Å². The van der Waals surface area contributed by atoms with E-state index in [-0.39, 0.29) is 11.8 Å². The van der Waals surface area contributed by atoms with E-state index in [1.165, 1.54) is 0 Å². The number of pyridine rings is 1. The highest BCUT2D eigenvalue weighted by atomic mass is 16.2. The predicted molar refractivity (Wildman–Crippen MR) is 56.3 cm³/mol. The molecular weight excluding hydrogens is 190 g/mol. The quantitative estimate of drug-likeness (QED) is 0.775. The zero-order valence-corrected chi connectivity index (χ0v) is 8.08. The van der Waals surface area contributed by atoms with Crippen molar-refractivity contribution in [1.82, 2.24) is 9.97 Å². The molecule has 2 aromatic heterocycles. The van der Waals surface area contributed by atoms with Crippen molar-refractivity contribution in [3.05, 3.63) is 24.5 Å². The molecule has 0 aliphatic heterocycles. The Hall–Kier alpha value is -1.84. The van der Waals surface area contributed by atoms with Crippen molar-refractivity contribution in [1.29, 1.82) is 0 Å². The van der Waals surface area contributed by atoms with Gasteiger partial charge in [-0.3, -0.25) is 4.79 Å². The number of hydrogen-bond donors (Lipinski definition) is 2. The summed E-state index contributed by atoms with van der Waals surface area (Å²) in [6.45, 7) is 0. The molecule has 1 amide bonds. The number of carbonyl (C=O) groups excluding carboxylic acids is 1. The van der Waals surface area contributed by atoms with Gasteiger partial charge in [0, 0.05) is 23.6 Å². The zero-order valence-electron chi connectivity index (χ0n) is 8.08. The van der Waals surface area contributed by atoms with Gasteiger partial charge in [0.25, 0.3) is 0 Å². The minimum atomic E-state index is 0.0861. The molecule has 2 heterocycles. The molecule has 3 rings (SSSR count). The summed E-state index contributed by atoms with van der Waals surface area (Å²) >= 11 is 0. The molecule has 0 unspecified atom stereocenters. The highest BCUT2D eigenvalue weighted by molar-refractivity contribution is 5.95. The van der Waals surface area contributed by atoms with Crippen LogP contribution in [0.3, 0.4) is 0 Å². The molecule has 1 saturated carbocycles. The molecule has 75 valence electrons. The molecule has 4 nitrogen and oxygen atoms in total. The number of aromatic amines is 1. The maximum absolute atomic E-state index is 11.5. The summed E-state index contributed by atoms with van der Waals surface area (Å²) in [4.78, 5) is 18.6. The Balaban J connectivity index is 1.86. The normalized spacial score (nSPS) is 15.5. The third kappa shape index (κ3) is 1.58. The van der Waals surface area contributed by atoms with Crippen LogP contribution in [0.25, 0.3) is 11.0 Å². The molecule has 1 radical (unpaired) electrons. The number of rotatable bonds is 2. The number of H-pyrrole nitrogens is 1. The average Bonchev–Trinajstić information content (AvgIpc) is 2.98. The number of anilines is 1. The van der Waals surface area contributed by atoms with E-state index < -0.39 is 0 Å². The Morgan fingerprint density at radius 1 is 1.60 bits per heavy atom. The molecule has 0 aromatic carbocycles. The maximum atomic E-state index is 11.5. The monoisotopic (exact) mass is 200 g/mol. The summed E-state index contributed by atoms with van der Waals surface area (Å²) in [5.74, 6) is 0.295. The molecule has 0 atom stereocenters. The van der Waals surface area contributed by atoms with Gasteiger partial charge in [-0.15, -0.1) is 0 Å². The molecule has 1 aliphatic carbocycles. The predicted octanol–water partition coefficient (Wildman–Crippen LogP) is 1.71. The van der Waals surface area contributed by atoms with Crippen LogP contribution >= 0.6 is 0 Å². The van der Waals surface area contributed by atoms with Crippen molar-refractivity contribution in [2.24, 2.45) is 5.92 Å². The van der Waals surface area contributed by atoms with Crippen LogP contribution in [0.1, 0.15) is 12.8 Å². The number of amides is 1. The lowest BCUT2D eigenvalue weighted by Gasteiger charge is -2.02. The lowest BCUT2D eigenvalue weighted by Crippen LogP contribution is -2.13. The van der Waals surface area contributed by atoms with Gasteiger partial charge in [-0.2, -0.15) is 0 Å². The summed E-state index contributed by atoms with van der Waals surface area (Å²) in [6.07, 6.45) is 5.44. The fourth-order valence-corrected chi connectivity index (χ4v) is 1.52. The van der Waals surface area contributed by atoms with Crippen LogP contribution in [0.2, 0.25) is 0 Å². The van der Waals surface area contributed by atoms with Crippen molar-refractivity contribution in [2.45, 2.75) is 12.8 Å². The van der Waals surface area contributed by atoms with Gasteiger partial charge in [0.15, 0.2) is 0 Å². The number of aromatic nitrogens is 2. The van der Waals surface area contributed by atoms with Crippen LogP contribution in [0, 0.1) is 12.0 Å². The number of nitrogens with zero attached hydrogens (tertiary/aromatic N) is 1. The zero-order chi connectivity index (χ0) is 10.3. The first kappa shape index (κ1) is 8.47. The first-order valence-electron chi connectivity index (χ1n) is 4.99. The van der Waals surface area contributed by atoms with Gasteiger partial charge in [0.05, 0.1) is 11.9 Å². The van der Waals surface area contributed by atoms with Gasteiger partial charge in [-0.05, 0) is 18.9 Å². The topological polar surface area (TPSA) is 57.8 Å². The number of hydrogen-bond acceptors (Lipinski definition) is 2. The minimum absolute atomic E-state index is 0.0861. The molecule has 4 heteroatoms. The van der Waals surface area contributed by atoms with E-state index in [9.17, 15) is 4.79 Å². The van der Waals surface area contributed by atoms with E-state index in [0.717, 1.165) is 23.9 Å². The van der Waals surface area contributed by atoms with Crippen molar-refractivity contribution in [2.75, 3.05) is 5.32 Å². The van der Waals surface area contributed by atoms with Gasteiger partial charge in [-0.25, -0.2) is 4.98 Å².